The number of hydrogen-bond acceptors (Lipinski definition) is 6. The third kappa shape index (κ3) is 3.00. The minimum atomic E-state index is -0.547. The van der Waals surface area contributed by atoms with E-state index < -0.39 is 5.97 Å². The second kappa shape index (κ2) is 6.73. The number of fused-ring (bicyclic) bond motifs is 3. The number of aromatic nitrogens is 2. The zero-order valence-corrected chi connectivity index (χ0v) is 14.7. The molecule has 0 amide bonds. The van der Waals surface area contributed by atoms with Crippen molar-refractivity contribution in [2.75, 3.05) is 0 Å². The van der Waals surface area contributed by atoms with Gasteiger partial charge in [0.15, 0.2) is 4.96 Å². The van der Waals surface area contributed by atoms with E-state index in [1.807, 2.05) is 6.07 Å². The summed E-state index contributed by atoms with van der Waals surface area (Å²) in [4.78, 5) is 31.0. The summed E-state index contributed by atoms with van der Waals surface area (Å²) in [7, 11) is 0. The standard InChI is InChI=1S/C19H15N3O3S/c20-10-12-4-3-5-13(8-12)18(24)25-11-14-9-17(23)22-15-6-1-2-7-16(15)26-19(22)21-14/h3-5,8-9H,1-2,6-7,11H2. The van der Waals surface area contributed by atoms with E-state index in [9.17, 15) is 9.59 Å². The summed E-state index contributed by atoms with van der Waals surface area (Å²) in [5.74, 6) is -0.547. The molecule has 0 saturated carbocycles. The number of thiazole rings is 1. The Balaban J connectivity index is 1.57. The van der Waals surface area contributed by atoms with Gasteiger partial charge in [-0.25, -0.2) is 9.78 Å². The van der Waals surface area contributed by atoms with Crippen LogP contribution >= 0.6 is 11.3 Å². The predicted molar refractivity (Wildman–Crippen MR) is 96.3 cm³/mol. The van der Waals surface area contributed by atoms with Crippen LogP contribution in [0.5, 0.6) is 0 Å². The van der Waals surface area contributed by atoms with Crippen LogP contribution < -0.4 is 5.56 Å². The monoisotopic (exact) mass is 365 g/mol. The highest BCUT2D eigenvalue weighted by molar-refractivity contribution is 7.17. The fourth-order valence-electron chi connectivity index (χ4n) is 3.15. The third-order valence-corrected chi connectivity index (χ3v) is 5.54. The van der Waals surface area contributed by atoms with Crippen LogP contribution in [0.3, 0.4) is 0 Å². The fraction of sp³-hybridized carbons (Fsp3) is 0.263. The highest BCUT2D eigenvalue weighted by Crippen LogP contribution is 2.28. The van der Waals surface area contributed by atoms with E-state index in [0.29, 0.717) is 21.8 Å². The van der Waals surface area contributed by atoms with Gasteiger partial charge in [0.05, 0.1) is 22.9 Å². The molecule has 0 spiro atoms. The zero-order chi connectivity index (χ0) is 18.1. The van der Waals surface area contributed by atoms with Crippen molar-refractivity contribution in [1.29, 1.82) is 5.26 Å². The predicted octanol–water partition coefficient (Wildman–Crippen LogP) is 2.86. The number of benzene rings is 1. The number of carbonyl (C=O) groups excluding carboxylic acids is 1. The number of hydrogen-bond donors (Lipinski definition) is 0. The molecule has 0 N–H and O–H groups in total. The molecule has 0 atom stereocenters. The van der Waals surface area contributed by atoms with Gasteiger partial charge in [0.2, 0.25) is 0 Å². The Bertz CT molecular complexity index is 1110. The number of carbonyl (C=O) groups is 1. The van der Waals surface area contributed by atoms with Crippen molar-refractivity contribution >= 4 is 22.3 Å². The molecule has 4 rings (SSSR count). The number of nitriles is 1. The van der Waals surface area contributed by atoms with E-state index in [4.69, 9.17) is 10.00 Å². The van der Waals surface area contributed by atoms with Gasteiger partial charge in [0, 0.05) is 16.6 Å². The van der Waals surface area contributed by atoms with E-state index in [0.717, 1.165) is 31.4 Å². The van der Waals surface area contributed by atoms with Crippen LogP contribution in [-0.4, -0.2) is 15.4 Å². The fourth-order valence-corrected chi connectivity index (χ4v) is 4.39. The Morgan fingerprint density at radius 2 is 2.15 bits per heavy atom. The first kappa shape index (κ1) is 16.5. The van der Waals surface area contributed by atoms with Crippen LogP contribution in [0.1, 0.15) is 45.0 Å². The highest BCUT2D eigenvalue weighted by atomic mass is 32.1. The van der Waals surface area contributed by atoms with Crippen molar-refractivity contribution in [2.24, 2.45) is 0 Å². The molecule has 0 unspecified atom stereocenters. The topological polar surface area (TPSA) is 84.5 Å². The normalized spacial score (nSPS) is 13.2. The maximum Gasteiger partial charge on any atom is 0.338 e. The van der Waals surface area contributed by atoms with Crippen molar-refractivity contribution in [3.05, 3.63) is 68.1 Å². The summed E-state index contributed by atoms with van der Waals surface area (Å²) in [5.41, 5.74) is 2.06. The second-order valence-corrected chi connectivity index (χ2v) is 7.21. The van der Waals surface area contributed by atoms with Gasteiger partial charge < -0.3 is 4.74 Å². The Labute approximate surface area is 153 Å². The molecular weight excluding hydrogens is 350 g/mol. The Hall–Kier alpha value is -2.98. The SMILES string of the molecule is N#Cc1cccc(C(=O)OCc2cc(=O)n3c4c(sc3n2)CCCC4)c1. The maximum absolute atomic E-state index is 12.5. The van der Waals surface area contributed by atoms with Crippen molar-refractivity contribution in [3.8, 4) is 6.07 Å². The molecule has 7 heteroatoms. The maximum atomic E-state index is 12.5. The third-order valence-electron chi connectivity index (χ3n) is 4.39. The lowest BCUT2D eigenvalue weighted by atomic mass is 10.0. The average Bonchev–Trinajstić information content (AvgIpc) is 3.05. The molecular formula is C19H15N3O3S. The molecule has 0 aliphatic heterocycles. The van der Waals surface area contributed by atoms with Crippen LogP contribution in [0, 0.1) is 11.3 Å². The lowest BCUT2D eigenvalue weighted by Crippen LogP contribution is -2.18. The largest absolute Gasteiger partial charge is 0.456 e. The smallest absolute Gasteiger partial charge is 0.338 e. The molecule has 2 heterocycles. The van der Waals surface area contributed by atoms with Gasteiger partial charge in [0.1, 0.15) is 6.61 Å². The summed E-state index contributed by atoms with van der Waals surface area (Å²) in [6.45, 7) is -0.0794. The first-order chi connectivity index (χ1) is 12.7. The lowest BCUT2D eigenvalue weighted by molar-refractivity contribution is 0.0467. The van der Waals surface area contributed by atoms with Crippen LogP contribution in [0.25, 0.3) is 4.96 Å². The lowest BCUT2D eigenvalue weighted by Gasteiger charge is -2.10. The van der Waals surface area contributed by atoms with Crippen LogP contribution in [0.2, 0.25) is 0 Å². The Morgan fingerprint density at radius 1 is 1.31 bits per heavy atom. The van der Waals surface area contributed by atoms with Gasteiger partial charge in [0.25, 0.3) is 5.56 Å². The van der Waals surface area contributed by atoms with Gasteiger partial charge in [-0.15, -0.1) is 11.3 Å². The summed E-state index contributed by atoms with van der Waals surface area (Å²) in [6, 6.07) is 9.71. The van der Waals surface area contributed by atoms with Gasteiger partial charge in [-0.3, -0.25) is 9.20 Å². The quantitative estimate of drug-likeness (QED) is 0.666. The van der Waals surface area contributed by atoms with Crippen molar-refractivity contribution < 1.29 is 9.53 Å². The van der Waals surface area contributed by atoms with E-state index >= 15 is 0 Å². The summed E-state index contributed by atoms with van der Waals surface area (Å²) < 4.78 is 6.95. The molecule has 1 aliphatic carbocycles. The van der Waals surface area contributed by atoms with E-state index in [2.05, 4.69) is 4.98 Å². The van der Waals surface area contributed by atoms with Crippen molar-refractivity contribution in [2.45, 2.75) is 32.3 Å². The minimum Gasteiger partial charge on any atom is -0.456 e. The molecule has 1 aliphatic rings. The first-order valence-electron chi connectivity index (χ1n) is 8.36. The number of ether oxygens (including phenoxy) is 1. The van der Waals surface area contributed by atoms with Crippen LogP contribution in [0.4, 0.5) is 0 Å². The van der Waals surface area contributed by atoms with E-state index in [1.54, 1.807) is 22.6 Å². The number of nitrogens with zero attached hydrogens (tertiary/aromatic N) is 3. The molecule has 6 nitrogen and oxygen atoms in total. The van der Waals surface area contributed by atoms with E-state index in [1.165, 1.54) is 28.3 Å². The summed E-state index contributed by atoms with van der Waals surface area (Å²) in [5, 5.41) is 8.90. The zero-order valence-electron chi connectivity index (χ0n) is 13.9. The molecule has 1 aromatic carbocycles. The molecule has 0 saturated heterocycles. The van der Waals surface area contributed by atoms with Crippen molar-refractivity contribution in [1.82, 2.24) is 9.38 Å². The van der Waals surface area contributed by atoms with Crippen LogP contribution in [-0.2, 0) is 24.2 Å². The van der Waals surface area contributed by atoms with Gasteiger partial charge in [-0.05, 0) is 43.9 Å². The van der Waals surface area contributed by atoms with Gasteiger partial charge in [-0.1, -0.05) is 6.07 Å². The highest BCUT2D eigenvalue weighted by Gasteiger charge is 2.19. The molecule has 26 heavy (non-hydrogen) atoms. The first-order valence-corrected chi connectivity index (χ1v) is 9.18. The molecule has 0 bridgehead atoms. The molecule has 0 radical (unpaired) electrons. The van der Waals surface area contributed by atoms with Gasteiger partial charge in [-0.2, -0.15) is 5.26 Å². The average molecular weight is 365 g/mol. The number of rotatable bonds is 3. The molecule has 3 aromatic rings. The second-order valence-electron chi connectivity index (χ2n) is 6.15. The molecule has 2 aromatic heterocycles. The summed E-state index contributed by atoms with van der Waals surface area (Å²) >= 11 is 1.54. The van der Waals surface area contributed by atoms with Gasteiger partial charge >= 0.3 is 5.97 Å². The molecule has 130 valence electrons. The van der Waals surface area contributed by atoms with Crippen LogP contribution in [0.15, 0.2) is 35.1 Å². The molecule has 0 fully saturated rings. The minimum absolute atomic E-state index is 0.0794. The number of aryl methyl sites for hydroxylation is 2. The number of esters is 1. The Kier molecular flexibility index (Phi) is 4.27. The summed E-state index contributed by atoms with van der Waals surface area (Å²) in [6.07, 6.45) is 4.12. The van der Waals surface area contributed by atoms with Crippen molar-refractivity contribution in [3.63, 3.8) is 0 Å². The Morgan fingerprint density at radius 3 is 3.00 bits per heavy atom. The van der Waals surface area contributed by atoms with E-state index in [-0.39, 0.29) is 12.2 Å².